The van der Waals surface area contributed by atoms with Gasteiger partial charge in [-0.05, 0) is 18.6 Å². The zero-order chi connectivity index (χ0) is 20.3. The number of hydrogen-bond donors (Lipinski definition) is 3. The first kappa shape index (κ1) is 19.2. The van der Waals surface area contributed by atoms with Crippen LogP contribution in [0.4, 0.5) is 5.95 Å². The number of aromatic hydroxyl groups is 1. The molecule has 0 bridgehead atoms. The van der Waals surface area contributed by atoms with Gasteiger partial charge in [0, 0.05) is 19.1 Å². The molecule has 3 aromatic rings. The summed E-state index contributed by atoms with van der Waals surface area (Å²) in [4.78, 5) is 47.2. The zero-order valence-corrected chi connectivity index (χ0v) is 15.3. The lowest BCUT2D eigenvalue weighted by Crippen LogP contribution is -2.24. The lowest BCUT2D eigenvalue weighted by Gasteiger charge is -2.18. The number of carbonyl (C=O) groups excluding carboxylic acids is 2. The molecule has 0 saturated heterocycles. The van der Waals surface area contributed by atoms with Crippen molar-refractivity contribution in [2.24, 2.45) is 0 Å². The Hall–Kier alpha value is -3.53. The summed E-state index contributed by atoms with van der Waals surface area (Å²) in [7, 11) is 0. The second kappa shape index (κ2) is 8.01. The molecule has 0 aliphatic rings. The van der Waals surface area contributed by atoms with Crippen LogP contribution in [0.3, 0.4) is 0 Å². The van der Waals surface area contributed by atoms with E-state index >= 15 is 0 Å². The highest BCUT2D eigenvalue weighted by atomic mass is 16.5. The third-order valence-corrected chi connectivity index (χ3v) is 3.81. The number of nitrogens with zero attached hydrogens (tertiary/aromatic N) is 3. The highest BCUT2D eigenvalue weighted by Crippen LogP contribution is 2.22. The molecule has 28 heavy (non-hydrogen) atoms. The third-order valence-electron chi connectivity index (χ3n) is 3.81. The summed E-state index contributed by atoms with van der Waals surface area (Å²) in [6, 6.07) is 5.87. The monoisotopic (exact) mass is 385 g/mol. The Balaban J connectivity index is 2.10. The van der Waals surface area contributed by atoms with Gasteiger partial charge in [-0.2, -0.15) is 4.98 Å². The van der Waals surface area contributed by atoms with Gasteiger partial charge in [-0.15, -0.1) is 0 Å². The van der Waals surface area contributed by atoms with Gasteiger partial charge in [0.2, 0.25) is 23.9 Å². The van der Waals surface area contributed by atoms with Gasteiger partial charge in [0.05, 0.1) is 6.33 Å². The Labute approximate surface area is 159 Å². The number of phenols is 1. The maximum Gasteiger partial charge on any atom is 0.280 e. The van der Waals surface area contributed by atoms with Crippen molar-refractivity contribution < 1.29 is 19.4 Å². The van der Waals surface area contributed by atoms with E-state index in [1.54, 1.807) is 12.1 Å². The number of nitrogens with one attached hydrogen (secondary N) is 2. The van der Waals surface area contributed by atoms with Crippen LogP contribution in [0.25, 0.3) is 11.2 Å². The molecule has 0 saturated carbocycles. The number of phenolic OH excluding ortho intramolecular Hbond substituents is 1. The molecule has 2 aromatic heterocycles. The Morgan fingerprint density at radius 2 is 2.18 bits per heavy atom. The van der Waals surface area contributed by atoms with E-state index in [9.17, 15) is 19.5 Å². The lowest BCUT2D eigenvalue weighted by molar-refractivity contribution is -0.114. The van der Waals surface area contributed by atoms with E-state index in [0.29, 0.717) is 6.42 Å². The number of H-pyrrole nitrogens is 1. The van der Waals surface area contributed by atoms with Crippen molar-refractivity contribution in [1.29, 1.82) is 0 Å². The van der Waals surface area contributed by atoms with Crippen molar-refractivity contribution in [3.63, 3.8) is 0 Å². The highest BCUT2D eigenvalue weighted by Gasteiger charge is 2.26. The van der Waals surface area contributed by atoms with Crippen LogP contribution in [0.5, 0.6) is 5.75 Å². The number of ether oxygens (including phenoxy) is 1. The van der Waals surface area contributed by atoms with Crippen LogP contribution < -0.4 is 10.9 Å². The fraction of sp³-hybridized carbons (Fsp3) is 0.278. The van der Waals surface area contributed by atoms with E-state index in [-0.39, 0.29) is 35.0 Å². The van der Waals surface area contributed by atoms with Crippen LogP contribution in [-0.4, -0.2) is 42.9 Å². The summed E-state index contributed by atoms with van der Waals surface area (Å²) in [6.45, 7) is 3.44. The minimum absolute atomic E-state index is 0.00269. The second-order valence-electron chi connectivity index (χ2n) is 6.06. The Bertz CT molecular complexity index is 1090. The van der Waals surface area contributed by atoms with Crippen LogP contribution in [0.2, 0.25) is 0 Å². The van der Waals surface area contributed by atoms with Gasteiger partial charge in [0.15, 0.2) is 11.2 Å². The Kier molecular flexibility index (Phi) is 5.50. The van der Waals surface area contributed by atoms with Gasteiger partial charge < -0.3 is 9.84 Å². The number of amides is 1. The molecule has 2 heterocycles. The average Bonchev–Trinajstić information content (AvgIpc) is 3.05. The normalized spacial score (nSPS) is 12.1. The second-order valence-corrected chi connectivity index (χ2v) is 6.06. The molecule has 10 nitrogen and oxygen atoms in total. The van der Waals surface area contributed by atoms with Crippen LogP contribution in [-0.2, 0) is 9.53 Å². The van der Waals surface area contributed by atoms with Gasteiger partial charge in [-0.25, -0.2) is 4.98 Å². The minimum atomic E-state index is -1.15. The van der Waals surface area contributed by atoms with E-state index in [0.717, 1.165) is 0 Å². The van der Waals surface area contributed by atoms with Crippen LogP contribution >= 0.6 is 0 Å². The fourth-order valence-electron chi connectivity index (χ4n) is 2.64. The number of imidazole rings is 1. The van der Waals surface area contributed by atoms with E-state index in [4.69, 9.17) is 4.74 Å². The summed E-state index contributed by atoms with van der Waals surface area (Å²) in [5.41, 5.74) is -0.244. The summed E-state index contributed by atoms with van der Waals surface area (Å²) in [5.74, 6) is -0.973. The van der Waals surface area contributed by atoms with Crippen LogP contribution in [0.1, 0.15) is 36.9 Å². The van der Waals surface area contributed by atoms with Gasteiger partial charge >= 0.3 is 0 Å². The van der Waals surface area contributed by atoms with Crippen LogP contribution in [0.15, 0.2) is 35.4 Å². The number of benzene rings is 1. The number of carbonyl (C=O) groups is 2. The van der Waals surface area contributed by atoms with E-state index in [1.165, 1.54) is 30.0 Å². The lowest BCUT2D eigenvalue weighted by atomic mass is 10.1. The highest BCUT2D eigenvalue weighted by molar-refractivity contribution is 5.99. The summed E-state index contributed by atoms with van der Waals surface area (Å²) >= 11 is 0. The van der Waals surface area contributed by atoms with Crippen molar-refractivity contribution in [3.05, 3.63) is 46.5 Å². The first-order chi connectivity index (χ1) is 13.4. The average molecular weight is 385 g/mol. The molecule has 10 heteroatoms. The van der Waals surface area contributed by atoms with Crippen LogP contribution in [0, 0.1) is 0 Å². The molecular weight excluding hydrogens is 366 g/mol. The van der Waals surface area contributed by atoms with Gasteiger partial charge in [0.25, 0.3) is 5.56 Å². The molecule has 1 aromatic carbocycles. The molecule has 0 spiro atoms. The molecule has 146 valence electrons. The molecule has 0 aliphatic heterocycles. The Morgan fingerprint density at radius 1 is 1.39 bits per heavy atom. The minimum Gasteiger partial charge on any atom is -0.508 e. The van der Waals surface area contributed by atoms with Gasteiger partial charge in [-0.3, -0.25) is 29.3 Å². The maximum absolute atomic E-state index is 13.0. The summed E-state index contributed by atoms with van der Waals surface area (Å²) in [6.07, 6.45) is 0.791. The number of fused-ring (bicyclic) bond motifs is 1. The smallest absolute Gasteiger partial charge is 0.280 e. The number of ketones is 1. The van der Waals surface area contributed by atoms with Gasteiger partial charge in [-0.1, -0.05) is 19.1 Å². The van der Waals surface area contributed by atoms with Crippen molar-refractivity contribution >= 4 is 28.8 Å². The van der Waals surface area contributed by atoms with Gasteiger partial charge in [0.1, 0.15) is 5.75 Å². The summed E-state index contributed by atoms with van der Waals surface area (Å²) < 4.78 is 7.04. The molecular formula is C18H19N5O5. The van der Waals surface area contributed by atoms with Crippen molar-refractivity contribution in [3.8, 4) is 5.75 Å². The maximum atomic E-state index is 13.0. The van der Waals surface area contributed by atoms with E-state index < -0.39 is 23.5 Å². The fourth-order valence-corrected chi connectivity index (χ4v) is 2.64. The molecule has 1 amide bonds. The van der Waals surface area contributed by atoms with Crippen molar-refractivity contribution in [2.45, 2.75) is 26.5 Å². The number of aromatic nitrogens is 4. The molecule has 1 atom stereocenters. The van der Waals surface area contributed by atoms with E-state index in [2.05, 4.69) is 20.3 Å². The van der Waals surface area contributed by atoms with Crippen molar-refractivity contribution in [2.75, 3.05) is 11.9 Å². The first-order valence-corrected chi connectivity index (χ1v) is 8.60. The number of aromatic amines is 1. The molecule has 3 N–H and O–H groups in total. The molecule has 1 unspecified atom stereocenters. The Morgan fingerprint density at radius 3 is 2.86 bits per heavy atom. The van der Waals surface area contributed by atoms with E-state index in [1.807, 2.05) is 6.92 Å². The number of rotatable bonds is 7. The molecule has 0 fully saturated rings. The summed E-state index contributed by atoms with van der Waals surface area (Å²) in [5, 5.41) is 12.1. The SMILES string of the molecule is CCCOC(C(=O)c1cccc(O)c1)n1cnc2c(=O)[nH]c(NC(C)=O)nc21. The third kappa shape index (κ3) is 3.91. The predicted molar refractivity (Wildman–Crippen MR) is 100 cm³/mol. The topological polar surface area (TPSA) is 139 Å². The standard InChI is InChI=1S/C18H19N5O5/c1-3-7-28-17(14(26)11-5-4-6-12(25)8-11)23-9-19-13-15(23)21-18(20-10(2)24)22-16(13)27/h4-6,8-9,17,25H,3,7H2,1-2H3,(H2,20,21,22,24,27). The predicted octanol–water partition coefficient (Wildman–Crippen LogP) is 1.59. The zero-order valence-electron chi connectivity index (χ0n) is 15.3. The number of anilines is 1. The first-order valence-electron chi connectivity index (χ1n) is 8.60. The number of Topliss-reactive ketones (excluding diaryl/α,β-unsaturated/α-hetero) is 1. The quantitative estimate of drug-likeness (QED) is 0.525. The van der Waals surface area contributed by atoms with Crippen molar-refractivity contribution in [1.82, 2.24) is 19.5 Å². The molecule has 0 radical (unpaired) electrons. The molecule has 3 rings (SSSR count). The molecule has 0 aliphatic carbocycles. The largest absolute Gasteiger partial charge is 0.508 e. The number of hydrogen-bond acceptors (Lipinski definition) is 7.